The topological polar surface area (TPSA) is 81.5 Å². The van der Waals surface area contributed by atoms with Crippen molar-refractivity contribution < 1.29 is 14.5 Å². The van der Waals surface area contributed by atoms with E-state index in [0.717, 1.165) is 6.42 Å². The van der Waals surface area contributed by atoms with E-state index in [0.29, 0.717) is 15.7 Å². The third-order valence-electron chi connectivity index (χ3n) is 2.60. The van der Waals surface area contributed by atoms with Crippen LogP contribution in [0, 0.1) is 13.7 Å². The number of carbonyl (C=O) groups is 1. The summed E-state index contributed by atoms with van der Waals surface area (Å²) in [5.74, 6) is -0.322. The smallest absolute Gasteiger partial charge is 0.270 e. The fourth-order valence-electron chi connectivity index (χ4n) is 1.53. The number of hydrogen-bond acceptors (Lipinski definition) is 4. The Hall–Kier alpha value is -1.22. The summed E-state index contributed by atoms with van der Waals surface area (Å²) in [6.07, 6.45) is 0.727. The molecule has 0 saturated carbocycles. The van der Waals surface area contributed by atoms with Gasteiger partial charge in [-0.1, -0.05) is 6.92 Å². The lowest BCUT2D eigenvalue weighted by atomic mass is 10.1. The van der Waals surface area contributed by atoms with Crippen molar-refractivity contribution in [2.45, 2.75) is 19.4 Å². The molecule has 7 heteroatoms. The number of amides is 1. The molecule has 0 heterocycles. The third-order valence-corrected chi connectivity index (χ3v) is 3.54. The van der Waals surface area contributed by atoms with Gasteiger partial charge < -0.3 is 10.1 Å². The van der Waals surface area contributed by atoms with Crippen LogP contribution in [-0.4, -0.2) is 30.6 Å². The Kier molecular flexibility index (Phi) is 6.16. The van der Waals surface area contributed by atoms with Crippen molar-refractivity contribution in [1.82, 2.24) is 5.32 Å². The molecule has 0 bridgehead atoms. The minimum absolute atomic E-state index is 0.0923. The molecule has 1 N–H and O–H groups in total. The molecule has 104 valence electrons. The van der Waals surface area contributed by atoms with E-state index < -0.39 is 4.92 Å². The molecule has 0 aliphatic heterocycles. The average Bonchev–Trinajstić information content (AvgIpc) is 2.38. The van der Waals surface area contributed by atoms with Crippen LogP contribution in [-0.2, 0) is 4.74 Å². The summed E-state index contributed by atoms with van der Waals surface area (Å²) in [5, 5.41) is 13.5. The van der Waals surface area contributed by atoms with Gasteiger partial charge in [-0.05, 0) is 35.1 Å². The Morgan fingerprint density at radius 3 is 2.79 bits per heavy atom. The van der Waals surface area contributed by atoms with Crippen LogP contribution < -0.4 is 5.32 Å². The molecule has 0 fully saturated rings. The van der Waals surface area contributed by atoms with Crippen LogP contribution in [0.25, 0.3) is 0 Å². The van der Waals surface area contributed by atoms with Crippen LogP contribution in [0.4, 0.5) is 5.69 Å². The number of carbonyl (C=O) groups excluding carboxylic acids is 1. The summed E-state index contributed by atoms with van der Waals surface area (Å²) in [6.45, 7) is 2.34. The van der Waals surface area contributed by atoms with Crippen molar-refractivity contribution >= 4 is 34.2 Å². The first kappa shape index (κ1) is 15.8. The van der Waals surface area contributed by atoms with Crippen molar-refractivity contribution in [3.05, 3.63) is 37.4 Å². The van der Waals surface area contributed by atoms with Crippen molar-refractivity contribution in [2.24, 2.45) is 0 Å². The first-order chi connectivity index (χ1) is 8.99. The van der Waals surface area contributed by atoms with Gasteiger partial charge in [0, 0.05) is 22.8 Å². The molecular weight excluding hydrogens is 363 g/mol. The number of nitrogens with zero attached hydrogens (tertiary/aromatic N) is 1. The summed E-state index contributed by atoms with van der Waals surface area (Å²) in [5.41, 5.74) is 0.217. The number of nitrogens with one attached hydrogen (secondary N) is 1. The number of benzene rings is 1. The number of methoxy groups -OCH3 is 1. The van der Waals surface area contributed by atoms with Crippen LogP contribution in [0.1, 0.15) is 23.7 Å². The zero-order valence-electron chi connectivity index (χ0n) is 10.7. The van der Waals surface area contributed by atoms with E-state index in [9.17, 15) is 14.9 Å². The third kappa shape index (κ3) is 4.43. The molecule has 1 atom stereocenters. The van der Waals surface area contributed by atoms with Gasteiger partial charge in [0.05, 0.1) is 23.1 Å². The molecule has 1 aromatic carbocycles. The molecule has 1 amide bonds. The minimum atomic E-state index is -0.515. The maximum Gasteiger partial charge on any atom is 0.270 e. The molecule has 0 aliphatic rings. The van der Waals surface area contributed by atoms with Crippen LogP contribution in [0.3, 0.4) is 0 Å². The second-order valence-electron chi connectivity index (χ2n) is 3.96. The summed E-state index contributed by atoms with van der Waals surface area (Å²) < 4.78 is 5.67. The van der Waals surface area contributed by atoms with Gasteiger partial charge in [-0.25, -0.2) is 0 Å². The predicted octanol–water partition coefficient (Wildman–Crippen LogP) is 2.35. The molecule has 0 spiro atoms. The number of hydrogen-bond donors (Lipinski definition) is 1. The highest BCUT2D eigenvalue weighted by atomic mass is 127. The van der Waals surface area contributed by atoms with Gasteiger partial charge in [0.15, 0.2) is 0 Å². The highest BCUT2D eigenvalue weighted by Crippen LogP contribution is 2.19. The van der Waals surface area contributed by atoms with Gasteiger partial charge in [-0.3, -0.25) is 14.9 Å². The molecule has 0 saturated heterocycles. The second-order valence-corrected chi connectivity index (χ2v) is 5.12. The van der Waals surface area contributed by atoms with E-state index in [-0.39, 0.29) is 17.6 Å². The number of halogens is 1. The summed E-state index contributed by atoms with van der Waals surface area (Å²) in [4.78, 5) is 22.3. The normalized spacial score (nSPS) is 11.9. The number of non-ortho nitro benzene ring substituents is 1. The van der Waals surface area contributed by atoms with Crippen molar-refractivity contribution in [3.63, 3.8) is 0 Å². The first-order valence-corrected chi connectivity index (χ1v) is 6.81. The zero-order valence-corrected chi connectivity index (χ0v) is 12.8. The number of nitro benzene ring substituents is 1. The van der Waals surface area contributed by atoms with E-state index in [1.54, 1.807) is 13.2 Å². The maximum absolute atomic E-state index is 12.1. The minimum Gasteiger partial charge on any atom is -0.383 e. The standard InChI is InChI=1S/C12H15IN2O4/c1-3-8(7-19-2)14-12(16)10-6-9(15(17)18)4-5-11(10)13/h4-6,8H,3,7H2,1-2H3,(H,14,16). The molecule has 19 heavy (non-hydrogen) atoms. The SMILES string of the molecule is CCC(COC)NC(=O)c1cc([N+](=O)[O-])ccc1I. The van der Waals surface area contributed by atoms with E-state index in [1.165, 1.54) is 12.1 Å². The Balaban J connectivity index is 2.92. The van der Waals surface area contributed by atoms with Crippen LogP contribution >= 0.6 is 22.6 Å². The molecule has 6 nitrogen and oxygen atoms in total. The van der Waals surface area contributed by atoms with Crippen molar-refractivity contribution in [3.8, 4) is 0 Å². The largest absolute Gasteiger partial charge is 0.383 e. The van der Waals surface area contributed by atoms with E-state index in [1.807, 2.05) is 29.5 Å². The fraction of sp³-hybridized carbons (Fsp3) is 0.417. The number of nitro groups is 1. The number of ether oxygens (including phenoxy) is 1. The summed E-state index contributed by atoms with van der Waals surface area (Å²) in [7, 11) is 1.56. The van der Waals surface area contributed by atoms with E-state index in [2.05, 4.69) is 5.32 Å². The Labute approximate surface area is 124 Å². The molecule has 0 radical (unpaired) electrons. The molecule has 0 aliphatic carbocycles. The molecule has 0 aromatic heterocycles. The van der Waals surface area contributed by atoms with Gasteiger partial charge in [-0.15, -0.1) is 0 Å². The van der Waals surface area contributed by atoms with Crippen LogP contribution in [0.2, 0.25) is 0 Å². The molecular formula is C12H15IN2O4. The molecule has 1 rings (SSSR count). The van der Waals surface area contributed by atoms with Gasteiger partial charge >= 0.3 is 0 Å². The predicted molar refractivity (Wildman–Crippen MR) is 79.2 cm³/mol. The van der Waals surface area contributed by atoms with Gasteiger partial charge in [0.1, 0.15) is 0 Å². The zero-order chi connectivity index (χ0) is 14.4. The second kappa shape index (κ2) is 7.39. The van der Waals surface area contributed by atoms with Gasteiger partial charge in [-0.2, -0.15) is 0 Å². The lowest BCUT2D eigenvalue weighted by Gasteiger charge is -2.16. The Bertz CT molecular complexity index is 479. The average molecular weight is 378 g/mol. The lowest BCUT2D eigenvalue weighted by molar-refractivity contribution is -0.384. The van der Waals surface area contributed by atoms with Crippen molar-refractivity contribution in [1.29, 1.82) is 0 Å². The highest BCUT2D eigenvalue weighted by molar-refractivity contribution is 14.1. The maximum atomic E-state index is 12.1. The van der Waals surface area contributed by atoms with E-state index >= 15 is 0 Å². The van der Waals surface area contributed by atoms with Crippen LogP contribution in [0.15, 0.2) is 18.2 Å². The fourth-order valence-corrected chi connectivity index (χ4v) is 2.11. The Morgan fingerprint density at radius 2 is 2.26 bits per heavy atom. The summed E-state index contributed by atoms with van der Waals surface area (Å²) in [6, 6.07) is 4.12. The van der Waals surface area contributed by atoms with Gasteiger partial charge in [0.2, 0.25) is 0 Å². The Morgan fingerprint density at radius 1 is 1.58 bits per heavy atom. The van der Waals surface area contributed by atoms with Crippen molar-refractivity contribution in [2.75, 3.05) is 13.7 Å². The number of rotatable bonds is 6. The monoisotopic (exact) mass is 378 g/mol. The molecule has 1 aromatic rings. The van der Waals surface area contributed by atoms with Gasteiger partial charge in [0.25, 0.3) is 11.6 Å². The van der Waals surface area contributed by atoms with Crippen LogP contribution in [0.5, 0.6) is 0 Å². The van der Waals surface area contributed by atoms with E-state index in [4.69, 9.17) is 4.74 Å². The summed E-state index contributed by atoms with van der Waals surface area (Å²) >= 11 is 1.98. The first-order valence-electron chi connectivity index (χ1n) is 5.73. The highest BCUT2D eigenvalue weighted by Gasteiger charge is 2.17. The quantitative estimate of drug-likeness (QED) is 0.468. The lowest BCUT2D eigenvalue weighted by Crippen LogP contribution is -2.37. The molecule has 1 unspecified atom stereocenters.